The van der Waals surface area contributed by atoms with Gasteiger partial charge in [-0.15, -0.1) is 5.10 Å². The van der Waals surface area contributed by atoms with Crippen molar-refractivity contribution in [1.82, 2.24) is 19.9 Å². The van der Waals surface area contributed by atoms with Crippen LogP contribution in [0.25, 0.3) is 11.3 Å². The SMILES string of the molecule is CCCCCC(=O)N1C[C@H](O)[C@@H](n2cc(-c3ccc(F)cc3)nn2)C[C@H]1c1ccc(C)cc1. The maximum absolute atomic E-state index is 13.3. The van der Waals surface area contributed by atoms with Gasteiger partial charge in [-0.3, -0.25) is 4.79 Å². The van der Waals surface area contributed by atoms with E-state index in [0.29, 0.717) is 18.5 Å². The Bertz CT molecular complexity index is 1060. The fraction of sp³-hybridized carbons (Fsp3) is 0.423. The first-order valence-electron chi connectivity index (χ1n) is 11.7. The molecule has 174 valence electrons. The lowest BCUT2D eigenvalue weighted by Gasteiger charge is -2.42. The summed E-state index contributed by atoms with van der Waals surface area (Å²) in [7, 11) is 0. The molecule has 0 radical (unpaired) electrons. The Morgan fingerprint density at radius 1 is 1.12 bits per heavy atom. The Kier molecular flexibility index (Phi) is 7.18. The van der Waals surface area contributed by atoms with Crippen LogP contribution < -0.4 is 0 Å². The number of aliphatic hydroxyl groups excluding tert-OH is 1. The second-order valence-electron chi connectivity index (χ2n) is 8.89. The van der Waals surface area contributed by atoms with Gasteiger partial charge < -0.3 is 10.0 Å². The number of hydrogen-bond acceptors (Lipinski definition) is 4. The number of halogens is 1. The van der Waals surface area contributed by atoms with E-state index in [1.54, 1.807) is 23.0 Å². The normalized spacial score (nSPS) is 20.7. The zero-order chi connectivity index (χ0) is 23.4. The molecule has 0 aliphatic carbocycles. The predicted octanol–water partition coefficient (Wildman–Crippen LogP) is 4.85. The predicted molar refractivity (Wildman–Crippen MR) is 125 cm³/mol. The molecule has 2 aromatic carbocycles. The van der Waals surface area contributed by atoms with E-state index in [2.05, 4.69) is 41.5 Å². The van der Waals surface area contributed by atoms with Gasteiger partial charge in [-0.25, -0.2) is 9.07 Å². The molecule has 6 nitrogen and oxygen atoms in total. The number of aromatic nitrogens is 3. The number of carbonyl (C=O) groups is 1. The number of aliphatic hydroxyl groups is 1. The minimum atomic E-state index is -0.760. The fourth-order valence-corrected chi connectivity index (χ4v) is 4.49. The van der Waals surface area contributed by atoms with E-state index >= 15 is 0 Å². The summed E-state index contributed by atoms with van der Waals surface area (Å²) in [6.45, 7) is 4.41. The Hall–Kier alpha value is -3.06. The van der Waals surface area contributed by atoms with Gasteiger partial charge in [-0.1, -0.05) is 54.8 Å². The number of unbranched alkanes of at least 4 members (excludes halogenated alkanes) is 2. The molecule has 0 unspecified atom stereocenters. The molecule has 1 aromatic heterocycles. The Morgan fingerprint density at radius 3 is 2.55 bits per heavy atom. The summed E-state index contributed by atoms with van der Waals surface area (Å²) in [5.41, 5.74) is 3.59. The number of β-amino-alcohol motifs (C(OH)–C–C–N with tert-alkyl or cyclic N) is 1. The van der Waals surface area contributed by atoms with Gasteiger partial charge in [0.25, 0.3) is 0 Å². The van der Waals surface area contributed by atoms with E-state index in [9.17, 15) is 14.3 Å². The Morgan fingerprint density at radius 2 is 1.85 bits per heavy atom. The number of hydrogen-bond donors (Lipinski definition) is 1. The van der Waals surface area contributed by atoms with Crippen molar-refractivity contribution in [2.75, 3.05) is 6.54 Å². The molecule has 0 spiro atoms. The van der Waals surface area contributed by atoms with Crippen molar-refractivity contribution in [3.8, 4) is 11.3 Å². The number of aryl methyl sites for hydroxylation is 1. The summed E-state index contributed by atoms with van der Waals surface area (Å²) in [5.74, 6) is -0.226. The molecule has 0 saturated carbocycles. The summed E-state index contributed by atoms with van der Waals surface area (Å²) < 4.78 is 15.0. The van der Waals surface area contributed by atoms with Crippen molar-refractivity contribution in [2.24, 2.45) is 0 Å². The van der Waals surface area contributed by atoms with Crippen LogP contribution >= 0.6 is 0 Å². The molecule has 7 heteroatoms. The standard InChI is InChI=1S/C26H31FN4O2/c1-3-4-5-6-26(33)30-17-25(32)24(15-23(30)20-9-7-18(2)8-10-20)31-16-22(28-29-31)19-11-13-21(27)14-12-19/h7-14,16,23-25,32H,3-6,15,17H2,1-2H3/t23-,24-,25-/m0/s1. The maximum Gasteiger partial charge on any atom is 0.223 e. The van der Waals surface area contributed by atoms with Gasteiger partial charge in [-0.2, -0.15) is 0 Å². The van der Waals surface area contributed by atoms with Crippen molar-refractivity contribution in [1.29, 1.82) is 0 Å². The van der Waals surface area contributed by atoms with Crippen molar-refractivity contribution < 1.29 is 14.3 Å². The second-order valence-corrected chi connectivity index (χ2v) is 8.89. The Balaban J connectivity index is 1.59. The number of benzene rings is 2. The fourth-order valence-electron chi connectivity index (χ4n) is 4.49. The number of carbonyl (C=O) groups excluding carboxylic acids is 1. The third-order valence-electron chi connectivity index (χ3n) is 6.44. The van der Waals surface area contributed by atoms with Gasteiger partial charge in [-0.05, 0) is 49.6 Å². The monoisotopic (exact) mass is 450 g/mol. The molecule has 1 aliphatic rings. The van der Waals surface area contributed by atoms with E-state index in [1.165, 1.54) is 12.1 Å². The average molecular weight is 451 g/mol. The quantitative estimate of drug-likeness (QED) is 0.523. The van der Waals surface area contributed by atoms with Crippen molar-refractivity contribution in [3.05, 3.63) is 71.7 Å². The molecule has 2 heterocycles. The largest absolute Gasteiger partial charge is 0.389 e. The molecule has 1 aliphatic heterocycles. The third kappa shape index (κ3) is 5.30. The van der Waals surface area contributed by atoms with Crippen molar-refractivity contribution in [2.45, 2.75) is 64.1 Å². The molecule has 1 fully saturated rings. The molecule has 3 atom stereocenters. The topological polar surface area (TPSA) is 71.2 Å². The van der Waals surface area contributed by atoms with Gasteiger partial charge in [0.1, 0.15) is 11.5 Å². The van der Waals surface area contributed by atoms with Gasteiger partial charge in [0.05, 0.1) is 24.4 Å². The van der Waals surface area contributed by atoms with Crippen LogP contribution in [0, 0.1) is 12.7 Å². The molecule has 0 bridgehead atoms. The lowest BCUT2D eigenvalue weighted by Crippen LogP contribution is -2.49. The molecule has 3 aromatic rings. The van der Waals surface area contributed by atoms with E-state index in [-0.39, 0.29) is 30.4 Å². The highest BCUT2D eigenvalue weighted by molar-refractivity contribution is 5.77. The summed E-state index contributed by atoms with van der Waals surface area (Å²) in [5, 5.41) is 19.5. The highest BCUT2D eigenvalue weighted by atomic mass is 19.1. The van der Waals surface area contributed by atoms with Crippen LogP contribution in [0.1, 0.15) is 62.2 Å². The molecule has 1 amide bonds. The van der Waals surface area contributed by atoms with Crippen LogP contribution in [-0.4, -0.2) is 43.6 Å². The molecule has 1 N–H and O–H groups in total. The highest BCUT2D eigenvalue weighted by Crippen LogP contribution is 2.37. The summed E-state index contributed by atoms with van der Waals surface area (Å²) in [4.78, 5) is 14.9. The van der Waals surface area contributed by atoms with Crippen LogP contribution in [0.15, 0.2) is 54.7 Å². The zero-order valence-corrected chi connectivity index (χ0v) is 19.2. The number of piperidine rings is 1. The van der Waals surface area contributed by atoms with Crippen LogP contribution in [0.2, 0.25) is 0 Å². The van der Waals surface area contributed by atoms with Crippen molar-refractivity contribution in [3.63, 3.8) is 0 Å². The van der Waals surface area contributed by atoms with Gasteiger partial charge in [0.15, 0.2) is 0 Å². The highest BCUT2D eigenvalue weighted by Gasteiger charge is 2.39. The summed E-state index contributed by atoms with van der Waals surface area (Å²) in [6.07, 6.45) is 4.99. The molecule has 33 heavy (non-hydrogen) atoms. The summed E-state index contributed by atoms with van der Waals surface area (Å²) >= 11 is 0. The zero-order valence-electron chi connectivity index (χ0n) is 19.2. The smallest absolute Gasteiger partial charge is 0.223 e. The maximum atomic E-state index is 13.3. The molecular formula is C26H31FN4O2. The number of amides is 1. The first-order chi connectivity index (χ1) is 16.0. The van der Waals surface area contributed by atoms with E-state index in [1.807, 2.05) is 11.8 Å². The van der Waals surface area contributed by atoms with E-state index in [0.717, 1.165) is 36.0 Å². The first-order valence-corrected chi connectivity index (χ1v) is 11.7. The van der Waals surface area contributed by atoms with Gasteiger partial charge >= 0.3 is 0 Å². The molecular weight excluding hydrogens is 419 g/mol. The number of rotatable bonds is 7. The number of nitrogens with zero attached hydrogens (tertiary/aromatic N) is 4. The van der Waals surface area contributed by atoms with Gasteiger partial charge in [0, 0.05) is 18.5 Å². The van der Waals surface area contributed by atoms with Crippen LogP contribution in [0.3, 0.4) is 0 Å². The van der Waals surface area contributed by atoms with Gasteiger partial charge in [0.2, 0.25) is 5.91 Å². The summed E-state index contributed by atoms with van der Waals surface area (Å²) in [6, 6.07) is 13.9. The minimum Gasteiger partial charge on any atom is -0.389 e. The average Bonchev–Trinajstić information content (AvgIpc) is 3.30. The molecule has 4 rings (SSSR count). The minimum absolute atomic E-state index is 0.0807. The lowest BCUT2D eigenvalue weighted by atomic mass is 9.89. The van der Waals surface area contributed by atoms with Crippen LogP contribution in [0.4, 0.5) is 4.39 Å². The van der Waals surface area contributed by atoms with Crippen LogP contribution in [-0.2, 0) is 4.79 Å². The lowest BCUT2D eigenvalue weighted by molar-refractivity contribution is -0.140. The third-order valence-corrected chi connectivity index (χ3v) is 6.44. The second kappa shape index (κ2) is 10.3. The van der Waals surface area contributed by atoms with E-state index < -0.39 is 6.10 Å². The Labute approximate surface area is 194 Å². The molecule has 1 saturated heterocycles. The van der Waals surface area contributed by atoms with Crippen molar-refractivity contribution >= 4 is 5.91 Å². The van der Waals surface area contributed by atoms with E-state index in [4.69, 9.17) is 0 Å². The first kappa shape index (κ1) is 23.1. The number of likely N-dealkylation sites (tertiary alicyclic amines) is 1. The van der Waals surface area contributed by atoms with Crippen LogP contribution in [0.5, 0.6) is 0 Å².